The molecule has 12 heteroatoms. The molecule has 0 bridgehead atoms. The summed E-state index contributed by atoms with van der Waals surface area (Å²) in [5.74, 6) is 0.911. The van der Waals surface area contributed by atoms with Crippen molar-refractivity contribution in [1.82, 2.24) is 20.2 Å². The van der Waals surface area contributed by atoms with Gasteiger partial charge in [0.05, 0.1) is 34.4 Å². The van der Waals surface area contributed by atoms with Gasteiger partial charge in [0.25, 0.3) is 0 Å². The van der Waals surface area contributed by atoms with Crippen molar-refractivity contribution in [1.29, 1.82) is 0 Å². The van der Waals surface area contributed by atoms with Crippen LogP contribution in [0.4, 0.5) is 4.79 Å². The summed E-state index contributed by atoms with van der Waals surface area (Å²) in [7, 11) is -0.444. The molecule has 3 aromatic carbocycles. The number of benzene rings is 3. The molecule has 3 atom stereocenters. The van der Waals surface area contributed by atoms with Gasteiger partial charge in [-0.2, -0.15) is 0 Å². The lowest BCUT2D eigenvalue weighted by molar-refractivity contribution is -0.136. The van der Waals surface area contributed by atoms with Crippen molar-refractivity contribution in [3.05, 3.63) is 53.9 Å². The van der Waals surface area contributed by atoms with Crippen LogP contribution >= 0.6 is 0 Å². The smallest absolute Gasteiger partial charge is 0.488 e. The molecule has 3 aliphatic rings. The lowest BCUT2D eigenvalue weighted by Gasteiger charge is -2.32. The molecule has 3 N–H and O–H groups in total. The molecule has 4 heterocycles. The lowest BCUT2D eigenvalue weighted by atomic mass is 9.77. The van der Waals surface area contributed by atoms with Crippen molar-refractivity contribution >= 4 is 46.4 Å². The number of H-pyrrole nitrogens is 1. The number of nitrogens with one attached hydrogen (secondary N) is 2. The van der Waals surface area contributed by atoms with Gasteiger partial charge >= 0.3 is 13.2 Å². The molecule has 3 aliphatic heterocycles. The maximum Gasteiger partial charge on any atom is 0.494 e. The Balaban J connectivity index is 1.22. The second-order valence-electron chi connectivity index (χ2n) is 14.4. The number of nitrogens with zero attached hydrogens (tertiary/aromatic N) is 2. The zero-order valence-electron chi connectivity index (χ0n) is 28.5. The maximum absolute atomic E-state index is 13.8. The number of aromatic amines is 1. The second-order valence-corrected chi connectivity index (χ2v) is 14.4. The fourth-order valence-corrected chi connectivity index (χ4v) is 7.09. The standard InChI is InChI=1S/C36H43BN4O7/c1-8-45-23-15-28(41(17-23)33(42)30(19(2)3)40-34(43)44)32-38-27-12-9-20-14-26-24-11-10-22(37-47-35(4,5)36(6,7)48-37)13-21(24)18-46-29(26)16-25(20)31(27)39-32/h9-14,16,19,23,28,30,40H,8,15,17-18H2,1-7H3,(H,38,39)(H,43,44)/t23-,28-,30?/m0/s1. The van der Waals surface area contributed by atoms with Crippen LogP contribution in [0.15, 0.2) is 42.5 Å². The molecule has 2 saturated heterocycles. The monoisotopic (exact) mass is 654 g/mol. The molecule has 1 aromatic heterocycles. The summed E-state index contributed by atoms with van der Waals surface area (Å²) in [5, 5.41) is 13.8. The molecule has 2 fully saturated rings. The number of likely N-dealkylation sites (tertiary alicyclic amines) is 1. The predicted molar refractivity (Wildman–Crippen MR) is 183 cm³/mol. The van der Waals surface area contributed by atoms with Crippen LogP contribution in [0.25, 0.3) is 32.9 Å². The molecule has 4 aromatic rings. The van der Waals surface area contributed by atoms with Crippen LogP contribution in [0.3, 0.4) is 0 Å². The summed E-state index contributed by atoms with van der Waals surface area (Å²) in [4.78, 5) is 35.5. The Labute approximate surface area is 280 Å². The van der Waals surface area contributed by atoms with E-state index in [1.807, 2.05) is 26.8 Å². The van der Waals surface area contributed by atoms with Gasteiger partial charge in [0.15, 0.2) is 0 Å². The van der Waals surface area contributed by atoms with Gasteiger partial charge in [-0.15, -0.1) is 0 Å². The van der Waals surface area contributed by atoms with Gasteiger partial charge in [0.1, 0.15) is 24.2 Å². The first-order valence-corrected chi connectivity index (χ1v) is 16.8. The molecule has 0 spiro atoms. The van der Waals surface area contributed by atoms with E-state index in [4.69, 9.17) is 23.8 Å². The number of fused-ring (bicyclic) bond motifs is 6. The molecule has 11 nitrogen and oxygen atoms in total. The number of carboxylic acid groups (broad SMARTS) is 1. The highest BCUT2D eigenvalue weighted by Gasteiger charge is 2.52. The Hall–Kier alpha value is -4.13. The molecule has 0 saturated carbocycles. The third-order valence-corrected chi connectivity index (χ3v) is 10.4. The van der Waals surface area contributed by atoms with E-state index in [-0.39, 0.29) is 17.9 Å². The van der Waals surface area contributed by atoms with Crippen molar-refractivity contribution < 1.29 is 33.5 Å². The fourth-order valence-electron chi connectivity index (χ4n) is 7.09. The molecular weight excluding hydrogens is 611 g/mol. The molecule has 1 unspecified atom stereocenters. The molecular formula is C36H43BN4O7. The Kier molecular flexibility index (Phi) is 7.96. The number of hydrogen-bond acceptors (Lipinski definition) is 7. The summed E-state index contributed by atoms with van der Waals surface area (Å²) >= 11 is 0. The van der Waals surface area contributed by atoms with E-state index in [0.29, 0.717) is 32.0 Å². The van der Waals surface area contributed by atoms with Gasteiger partial charge in [-0.1, -0.05) is 38.1 Å². The van der Waals surface area contributed by atoms with E-state index in [2.05, 4.69) is 74.4 Å². The Morgan fingerprint density at radius 1 is 1.10 bits per heavy atom. The van der Waals surface area contributed by atoms with Crippen LogP contribution in [0.5, 0.6) is 5.75 Å². The number of aromatic nitrogens is 2. The highest BCUT2D eigenvalue weighted by Crippen LogP contribution is 2.43. The van der Waals surface area contributed by atoms with E-state index in [9.17, 15) is 14.7 Å². The van der Waals surface area contributed by atoms with Crippen LogP contribution in [0, 0.1) is 5.92 Å². The Morgan fingerprint density at radius 3 is 2.54 bits per heavy atom. The number of hydrogen-bond donors (Lipinski definition) is 3. The summed E-state index contributed by atoms with van der Waals surface area (Å²) in [6, 6.07) is 13.3. The molecule has 0 aliphatic carbocycles. The number of amides is 2. The van der Waals surface area contributed by atoms with E-state index in [1.54, 1.807) is 4.90 Å². The van der Waals surface area contributed by atoms with E-state index in [1.165, 1.54) is 0 Å². The molecule has 2 amide bonds. The number of carbonyl (C=O) groups is 2. The van der Waals surface area contributed by atoms with Crippen molar-refractivity contribution in [3.8, 4) is 16.9 Å². The second kappa shape index (κ2) is 11.8. The van der Waals surface area contributed by atoms with Crippen LogP contribution < -0.4 is 15.5 Å². The fraction of sp³-hybridized carbons (Fsp3) is 0.472. The van der Waals surface area contributed by atoms with Gasteiger partial charge < -0.3 is 39.1 Å². The predicted octanol–water partition coefficient (Wildman–Crippen LogP) is 5.55. The quantitative estimate of drug-likeness (QED) is 0.221. The average molecular weight is 655 g/mol. The summed E-state index contributed by atoms with van der Waals surface area (Å²) in [5.41, 5.74) is 4.95. The van der Waals surface area contributed by atoms with Crippen LogP contribution in [0.1, 0.15) is 72.3 Å². The zero-order valence-corrected chi connectivity index (χ0v) is 28.5. The number of rotatable bonds is 7. The van der Waals surface area contributed by atoms with Gasteiger partial charge in [0, 0.05) is 30.5 Å². The number of imidazole rings is 1. The normalized spacial score (nSPS) is 21.8. The van der Waals surface area contributed by atoms with Gasteiger partial charge in [0.2, 0.25) is 5.91 Å². The maximum atomic E-state index is 13.8. The Bertz CT molecular complexity index is 1910. The summed E-state index contributed by atoms with van der Waals surface area (Å²) < 4.78 is 24.9. The lowest BCUT2D eigenvalue weighted by Crippen LogP contribution is -2.51. The number of carbonyl (C=O) groups excluding carboxylic acids is 1. The van der Waals surface area contributed by atoms with Gasteiger partial charge in [-0.3, -0.25) is 4.79 Å². The van der Waals surface area contributed by atoms with Crippen LogP contribution in [-0.2, 0) is 25.4 Å². The highest BCUT2D eigenvalue weighted by molar-refractivity contribution is 6.62. The average Bonchev–Trinajstić information content (AvgIpc) is 3.71. The summed E-state index contributed by atoms with van der Waals surface area (Å²) in [6.07, 6.45) is -0.858. The largest absolute Gasteiger partial charge is 0.494 e. The molecule has 48 heavy (non-hydrogen) atoms. The van der Waals surface area contributed by atoms with Crippen molar-refractivity contribution in [2.75, 3.05) is 13.2 Å². The minimum Gasteiger partial charge on any atom is -0.488 e. The highest BCUT2D eigenvalue weighted by atomic mass is 16.7. The third kappa shape index (κ3) is 5.49. The first-order valence-electron chi connectivity index (χ1n) is 16.8. The van der Waals surface area contributed by atoms with Crippen molar-refractivity contribution in [3.63, 3.8) is 0 Å². The minimum atomic E-state index is -1.23. The van der Waals surface area contributed by atoms with E-state index < -0.39 is 36.5 Å². The van der Waals surface area contributed by atoms with E-state index in [0.717, 1.165) is 49.7 Å². The SMILES string of the molecule is CCO[C@H]1C[C@@H](c2nc3c(ccc4cc5c(cc43)OCc3cc(B4OC(C)(C)C(C)(C)O4)ccc3-5)[nH]2)N(C(=O)C(NC(=O)O)C(C)C)C1. The van der Waals surface area contributed by atoms with Crippen LogP contribution in [-0.4, -0.2) is 75.6 Å². The minimum absolute atomic E-state index is 0.183. The van der Waals surface area contributed by atoms with Crippen molar-refractivity contribution in [2.24, 2.45) is 5.92 Å². The first-order chi connectivity index (χ1) is 22.8. The summed E-state index contributed by atoms with van der Waals surface area (Å²) in [6.45, 7) is 15.1. The van der Waals surface area contributed by atoms with Crippen molar-refractivity contribution in [2.45, 2.75) is 90.9 Å². The molecule has 7 rings (SSSR count). The topological polar surface area (TPSA) is 135 Å². The third-order valence-electron chi connectivity index (χ3n) is 10.4. The van der Waals surface area contributed by atoms with Gasteiger partial charge in [-0.05, 0) is 80.7 Å². The molecule has 0 radical (unpaired) electrons. The Morgan fingerprint density at radius 2 is 1.85 bits per heavy atom. The van der Waals surface area contributed by atoms with Gasteiger partial charge in [-0.25, -0.2) is 9.78 Å². The zero-order chi connectivity index (χ0) is 34.1. The molecule has 252 valence electrons. The van der Waals surface area contributed by atoms with Crippen LogP contribution in [0.2, 0.25) is 0 Å². The number of ether oxygens (including phenoxy) is 2. The first kappa shape index (κ1) is 32.4. The van der Waals surface area contributed by atoms with E-state index >= 15 is 0 Å².